The molecule has 0 bridgehead atoms. The summed E-state index contributed by atoms with van der Waals surface area (Å²) < 4.78 is 5.93. The van der Waals surface area contributed by atoms with Crippen LogP contribution in [0.25, 0.3) is 0 Å². The predicted molar refractivity (Wildman–Crippen MR) is 110 cm³/mol. The van der Waals surface area contributed by atoms with Gasteiger partial charge in [0.2, 0.25) is 0 Å². The van der Waals surface area contributed by atoms with Crippen molar-refractivity contribution in [1.29, 1.82) is 0 Å². The molecular formula is C20H33ClN4O. The minimum absolute atomic E-state index is 0.000671. The molecule has 1 fully saturated rings. The van der Waals surface area contributed by atoms with Crippen molar-refractivity contribution in [3.05, 3.63) is 29.3 Å². The van der Waals surface area contributed by atoms with E-state index < -0.39 is 0 Å². The van der Waals surface area contributed by atoms with Crippen molar-refractivity contribution >= 4 is 17.6 Å². The van der Waals surface area contributed by atoms with E-state index in [1.807, 2.05) is 38.2 Å². The first-order valence-electron chi connectivity index (χ1n) is 9.66. The topological polar surface area (TPSA) is 40.1 Å². The van der Waals surface area contributed by atoms with Gasteiger partial charge < -0.3 is 19.9 Å². The first-order valence-corrected chi connectivity index (χ1v) is 10.0. The van der Waals surface area contributed by atoms with Crippen molar-refractivity contribution in [2.24, 2.45) is 10.9 Å². The molecule has 1 aliphatic rings. The van der Waals surface area contributed by atoms with Gasteiger partial charge in [-0.1, -0.05) is 37.6 Å². The summed E-state index contributed by atoms with van der Waals surface area (Å²) in [6.45, 7) is 12.7. The first kappa shape index (κ1) is 20.8. The van der Waals surface area contributed by atoms with Gasteiger partial charge in [-0.15, -0.1) is 0 Å². The Hall–Kier alpha value is -1.46. The number of para-hydroxylation sites is 1. The second-order valence-electron chi connectivity index (χ2n) is 6.87. The van der Waals surface area contributed by atoms with Crippen LogP contribution in [0.2, 0.25) is 5.02 Å². The van der Waals surface area contributed by atoms with Crippen LogP contribution in [-0.4, -0.2) is 68.2 Å². The van der Waals surface area contributed by atoms with E-state index in [2.05, 4.69) is 34.0 Å². The molecule has 1 aliphatic heterocycles. The molecule has 0 amide bonds. The van der Waals surface area contributed by atoms with Crippen LogP contribution in [0.15, 0.2) is 29.3 Å². The van der Waals surface area contributed by atoms with Gasteiger partial charge in [-0.3, -0.25) is 4.99 Å². The molecule has 1 aromatic carbocycles. The number of benzene rings is 1. The molecule has 2 atom stereocenters. The fraction of sp³-hybridized carbons (Fsp3) is 0.650. The average molecular weight is 381 g/mol. The fourth-order valence-electron chi connectivity index (χ4n) is 3.39. The molecular weight excluding hydrogens is 348 g/mol. The van der Waals surface area contributed by atoms with Gasteiger partial charge in [0.05, 0.1) is 11.6 Å². The monoisotopic (exact) mass is 380 g/mol. The van der Waals surface area contributed by atoms with Gasteiger partial charge in [0.1, 0.15) is 11.9 Å². The summed E-state index contributed by atoms with van der Waals surface area (Å²) in [5.74, 6) is 2.39. The fourth-order valence-corrected chi connectivity index (χ4v) is 3.57. The maximum atomic E-state index is 6.16. The second-order valence-corrected chi connectivity index (χ2v) is 7.28. The van der Waals surface area contributed by atoms with Gasteiger partial charge in [0, 0.05) is 26.7 Å². The number of halogens is 1. The van der Waals surface area contributed by atoms with E-state index in [1.54, 1.807) is 0 Å². The number of nitrogens with zero attached hydrogens (tertiary/aromatic N) is 3. The smallest absolute Gasteiger partial charge is 0.193 e. The molecule has 26 heavy (non-hydrogen) atoms. The molecule has 5 nitrogen and oxygen atoms in total. The lowest BCUT2D eigenvalue weighted by Crippen LogP contribution is -2.44. The Bertz CT molecular complexity index is 577. The molecule has 2 unspecified atom stereocenters. The third-order valence-electron chi connectivity index (χ3n) is 4.92. The van der Waals surface area contributed by atoms with Gasteiger partial charge >= 0.3 is 0 Å². The average Bonchev–Trinajstić information content (AvgIpc) is 3.10. The van der Waals surface area contributed by atoms with Crippen LogP contribution in [0.3, 0.4) is 0 Å². The minimum atomic E-state index is 0.000671. The summed E-state index contributed by atoms with van der Waals surface area (Å²) in [6, 6.07) is 7.57. The van der Waals surface area contributed by atoms with Crippen LogP contribution in [0.1, 0.15) is 27.2 Å². The van der Waals surface area contributed by atoms with Gasteiger partial charge in [-0.2, -0.15) is 0 Å². The van der Waals surface area contributed by atoms with E-state index in [4.69, 9.17) is 16.3 Å². The lowest BCUT2D eigenvalue weighted by atomic mass is 10.1. The minimum Gasteiger partial charge on any atom is -0.487 e. The van der Waals surface area contributed by atoms with Crippen molar-refractivity contribution in [2.45, 2.75) is 33.3 Å². The molecule has 2 rings (SSSR count). The number of hydrogen-bond acceptors (Lipinski definition) is 3. The van der Waals surface area contributed by atoms with Crippen molar-refractivity contribution < 1.29 is 4.74 Å². The third kappa shape index (κ3) is 6.06. The second kappa shape index (κ2) is 10.6. The Morgan fingerprint density at radius 2 is 2.12 bits per heavy atom. The highest BCUT2D eigenvalue weighted by Gasteiger charge is 2.26. The molecule has 0 aromatic heterocycles. The number of guanidine groups is 1. The standard InChI is InChI=1S/C20H33ClN4O/c1-5-24(6-2)14-17-11-12-25(15-17)20(22-4)23-13-16(3)26-19-10-8-7-9-18(19)21/h7-10,16-17H,5-6,11-15H2,1-4H3,(H,22,23). The quantitative estimate of drug-likeness (QED) is 0.554. The number of ether oxygens (including phenoxy) is 1. The van der Waals surface area contributed by atoms with Crippen LogP contribution in [0.5, 0.6) is 5.75 Å². The maximum absolute atomic E-state index is 6.16. The third-order valence-corrected chi connectivity index (χ3v) is 5.23. The summed E-state index contributed by atoms with van der Waals surface area (Å²) >= 11 is 6.16. The van der Waals surface area contributed by atoms with E-state index in [1.165, 1.54) is 13.0 Å². The van der Waals surface area contributed by atoms with Gasteiger partial charge in [-0.25, -0.2) is 0 Å². The Morgan fingerprint density at radius 1 is 1.38 bits per heavy atom. The normalized spacial score (nSPS) is 19.1. The SMILES string of the molecule is CCN(CC)CC1CCN(C(=NC)NCC(C)Oc2ccccc2Cl)C1. The summed E-state index contributed by atoms with van der Waals surface area (Å²) in [5.41, 5.74) is 0. The van der Waals surface area contributed by atoms with Crippen LogP contribution in [-0.2, 0) is 0 Å². The largest absolute Gasteiger partial charge is 0.487 e. The van der Waals surface area contributed by atoms with Crippen molar-refractivity contribution in [3.8, 4) is 5.75 Å². The Morgan fingerprint density at radius 3 is 2.77 bits per heavy atom. The van der Waals surface area contributed by atoms with E-state index in [0.29, 0.717) is 17.5 Å². The molecule has 1 saturated heterocycles. The Labute approximate surface area is 163 Å². The molecule has 0 aliphatic carbocycles. The van der Waals surface area contributed by atoms with E-state index in [9.17, 15) is 0 Å². The van der Waals surface area contributed by atoms with E-state index in [0.717, 1.165) is 37.9 Å². The molecule has 0 radical (unpaired) electrons. The molecule has 1 aromatic rings. The zero-order valence-electron chi connectivity index (χ0n) is 16.5. The van der Waals surface area contributed by atoms with Gasteiger partial charge in [0.25, 0.3) is 0 Å². The van der Waals surface area contributed by atoms with Crippen molar-refractivity contribution in [1.82, 2.24) is 15.1 Å². The van der Waals surface area contributed by atoms with E-state index >= 15 is 0 Å². The number of nitrogens with one attached hydrogen (secondary N) is 1. The van der Waals surface area contributed by atoms with Gasteiger partial charge in [-0.05, 0) is 44.5 Å². The Balaban J connectivity index is 1.80. The number of hydrogen-bond donors (Lipinski definition) is 1. The van der Waals surface area contributed by atoms with Crippen LogP contribution in [0, 0.1) is 5.92 Å². The molecule has 146 valence electrons. The van der Waals surface area contributed by atoms with E-state index in [-0.39, 0.29) is 6.10 Å². The first-order chi connectivity index (χ1) is 12.6. The van der Waals surface area contributed by atoms with Crippen molar-refractivity contribution in [2.75, 3.05) is 46.3 Å². The molecule has 0 spiro atoms. The summed E-state index contributed by atoms with van der Waals surface area (Å²) in [5, 5.41) is 4.09. The molecule has 6 heteroatoms. The number of likely N-dealkylation sites (tertiary alicyclic amines) is 1. The highest BCUT2D eigenvalue weighted by molar-refractivity contribution is 6.32. The summed E-state index contributed by atoms with van der Waals surface area (Å²) in [4.78, 5) is 9.32. The molecule has 1 N–H and O–H groups in total. The highest BCUT2D eigenvalue weighted by Crippen LogP contribution is 2.24. The van der Waals surface area contributed by atoms with Gasteiger partial charge in [0.15, 0.2) is 5.96 Å². The lowest BCUT2D eigenvalue weighted by Gasteiger charge is -2.25. The molecule has 0 saturated carbocycles. The van der Waals surface area contributed by atoms with Crippen LogP contribution >= 0.6 is 11.6 Å². The number of rotatable bonds is 8. The lowest BCUT2D eigenvalue weighted by molar-refractivity contribution is 0.222. The van der Waals surface area contributed by atoms with Crippen LogP contribution < -0.4 is 10.1 Å². The van der Waals surface area contributed by atoms with Crippen LogP contribution in [0.4, 0.5) is 0 Å². The summed E-state index contributed by atoms with van der Waals surface area (Å²) in [7, 11) is 1.85. The highest BCUT2D eigenvalue weighted by atomic mass is 35.5. The zero-order chi connectivity index (χ0) is 18.9. The predicted octanol–water partition coefficient (Wildman–Crippen LogP) is 3.35. The Kier molecular flexibility index (Phi) is 8.52. The molecule has 1 heterocycles. The maximum Gasteiger partial charge on any atom is 0.193 e. The summed E-state index contributed by atoms with van der Waals surface area (Å²) in [6.07, 6.45) is 1.23. The zero-order valence-corrected chi connectivity index (χ0v) is 17.3. The number of aliphatic imine (C=N–C) groups is 1. The van der Waals surface area contributed by atoms with Crippen molar-refractivity contribution in [3.63, 3.8) is 0 Å².